The third-order valence-electron chi connectivity index (χ3n) is 4.54. The number of carbonyl (C=O) groups excluding carboxylic acids is 1. The number of nitrogens with zero attached hydrogens (tertiary/aromatic N) is 2. The first-order valence-corrected chi connectivity index (χ1v) is 9.89. The van der Waals surface area contributed by atoms with Crippen LogP contribution in [-0.2, 0) is 11.3 Å². The number of benzodiazepines with no additional fused rings is 1. The molecular formula is C24H23N3O2S. The number of amides is 1. The molecule has 4 rings (SSSR count). The van der Waals surface area contributed by atoms with Gasteiger partial charge < -0.3 is 15.4 Å². The Morgan fingerprint density at radius 1 is 1.00 bits per heavy atom. The average molecular weight is 418 g/mol. The summed E-state index contributed by atoms with van der Waals surface area (Å²) in [4.78, 5) is 17.8. The monoisotopic (exact) mass is 417 g/mol. The molecule has 0 saturated carbocycles. The summed E-state index contributed by atoms with van der Waals surface area (Å²) in [5.41, 5.74) is 10.1. The average Bonchev–Trinajstić information content (AvgIpc) is 2.91. The molecule has 0 aliphatic carbocycles. The van der Waals surface area contributed by atoms with Crippen molar-refractivity contribution in [3.63, 3.8) is 0 Å². The van der Waals surface area contributed by atoms with Crippen LogP contribution in [0.3, 0.4) is 0 Å². The van der Waals surface area contributed by atoms with Crippen LogP contribution >= 0.6 is 12.2 Å². The molecule has 1 amide bonds. The number of thiocarbonyl (C=S) groups is 1. The van der Waals surface area contributed by atoms with E-state index in [1.807, 2.05) is 72.6 Å². The van der Waals surface area contributed by atoms with Crippen molar-refractivity contribution in [1.29, 1.82) is 0 Å². The number of primary amides is 1. The molecule has 1 heterocycles. The summed E-state index contributed by atoms with van der Waals surface area (Å²) in [6.07, 6.45) is -0.742. The second-order valence-corrected chi connectivity index (χ2v) is 7.07. The first-order chi connectivity index (χ1) is 14.6. The van der Waals surface area contributed by atoms with Crippen LogP contribution in [0.15, 0.2) is 89.9 Å². The second kappa shape index (κ2) is 10.3. The molecule has 0 aromatic heterocycles. The molecule has 0 fully saturated rings. The lowest BCUT2D eigenvalue weighted by atomic mass is 10.0. The zero-order chi connectivity index (χ0) is 21.3. The number of fused-ring (bicyclic) bond motifs is 1. The number of ether oxygens (including phenoxy) is 1. The highest BCUT2D eigenvalue weighted by Crippen LogP contribution is 2.25. The van der Waals surface area contributed by atoms with Crippen molar-refractivity contribution >= 4 is 34.7 Å². The van der Waals surface area contributed by atoms with Crippen molar-refractivity contribution in [1.82, 2.24) is 0 Å². The van der Waals surface area contributed by atoms with Crippen LogP contribution < -0.4 is 10.6 Å². The summed E-state index contributed by atoms with van der Waals surface area (Å²) in [6, 6.07) is 27.9. The summed E-state index contributed by atoms with van der Waals surface area (Å²) >= 11 is 5.41. The Labute approximate surface area is 181 Å². The zero-order valence-corrected chi connectivity index (χ0v) is 17.5. The fourth-order valence-corrected chi connectivity index (χ4v) is 3.17. The minimum absolute atomic E-state index is 0.246. The molecule has 6 heteroatoms. The fraction of sp³-hybridized carbons (Fsp3) is 0.125. The Hall–Kier alpha value is -3.51. The molecule has 3 aromatic carbocycles. The molecule has 0 unspecified atom stereocenters. The highest BCUT2D eigenvalue weighted by Gasteiger charge is 2.19. The molecule has 1 aliphatic rings. The summed E-state index contributed by atoms with van der Waals surface area (Å²) in [7, 11) is 2.00. The number of carbonyl (C=O) groups is 1. The van der Waals surface area contributed by atoms with Gasteiger partial charge in [-0.15, -0.1) is 0 Å². The van der Waals surface area contributed by atoms with Crippen LogP contribution in [0.2, 0.25) is 0 Å². The van der Waals surface area contributed by atoms with E-state index in [0.717, 1.165) is 33.1 Å². The van der Waals surface area contributed by atoms with E-state index < -0.39 is 6.09 Å². The van der Waals surface area contributed by atoms with Gasteiger partial charge in [0.05, 0.1) is 17.9 Å². The molecule has 2 N–H and O–H groups in total. The summed E-state index contributed by atoms with van der Waals surface area (Å²) in [5.74, 6) is 0. The first-order valence-electron chi connectivity index (χ1n) is 9.48. The van der Waals surface area contributed by atoms with Crippen molar-refractivity contribution < 1.29 is 9.53 Å². The third kappa shape index (κ3) is 5.52. The maximum absolute atomic E-state index is 10.2. The minimum Gasteiger partial charge on any atom is -0.445 e. The Balaban J connectivity index is 0.000000199. The SMILES string of the molecule is CN1C(=S)CN=C(c2ccccc2)c2ccccc21.NC(=O)OCc1ccccc1. The normalized spacial score (nSPS) is 12.6. The fourth-order valence-electron chi connectivity index (χ4n) is 3.01. The standard InChI is InChI=1S/C16H14N2S.C8H9NO2/c1-18-14-10-6-5-9-13(14)16(17-11-15(18)19)12-7-3-2-4-8-12;9-8(10)11-6-7-4-2-1-3-5-7/h2-10H,11H2,1H3;1-5H,6H2,(H2,9,10). The second-order valence-electron chi connectivity index (χ2n) is 6.59. The Bertz CT molecular complexity index is 1040. The summed E-state index contributed by atoms with van der Waals surface area (Å²) in [5, 5.41) is 0. The summed E-state index contributed by atoms with van der Waals surface area (Å²) in [6.45, 7) is 0.806. The van der Waals surface area contributed by atoms with Crippen LogP contribution in [0, 0.1) is 0 Å². The highest BCUT2D eigenvalue weighted by molar-refractivity contribution is 7.80. The smallest absolute Gasteiger partial charge is 0.404 e. The van der Waals surface area contributed by atoms with Crippen molar-refractivity contribution in [3.8, 4) is 0 Å². The van der Waals surface area contributed by atoms with Gasteiger partial charge in [-0.3, -0.25) is 4.99 Å². The molecule has 0 spiro atoms. The highest BCUT2D eigenvalue weighted by atomic mass is 32.1. The molecule has 1 aliphatic heterocycles. The van der Waals surface area contributed by atoms with E-state index in [2.05, 4.69) is 29.0 Å². The minimum atomic E-state index is -0.742. The van der Waals surface area contributed by atoms with E-state index >= 15 is 0 Å². The van der Waals surface area contributed by atoms with Crippen molar-refractivity contribution in [2.45, 2.75) is 6.61 Å². The lowest BCUT2D eigenvalue weighted by Crippen LogP contribution is -2.26. The lowest BCUT2D eigenvalue weighted by molar-refractivity contribution is 0.150. The van der Waals surface area contributed by atoms with Crippen LogP contribution in [-0.4, -0.2) is 30.4 Å². The van der Waals surface area contributed by atoms with E-state index in [1.165, 1.54) is 0 Å². The molecule has 0 saturated heterocycles. The number of para-hydroxylation sites is 1. The van der Waals surface area contributed by atoms with Crippen molar-refractivity contribution in [2.24, 2.45) is 10.7 Å². The van der Waals surface area contributed by atoms with Gasteiger partial charge >= 0.3 is 6.09 Å². The first kappa shape index (κ1) is 21.2. The molecule has 0 atom stereocenters. The van der Waals surface area contributed by atoms with E-state index in [0.29, 0.717) is 6.54 Å². The zero-order valence-electron chi connectivity index (χ0n) is 16.7. The van der Waals surface area contributed by atoms with Crippen molar-refractivity contribution in [3.05, 3.63) is 102 Å². The number of hydrogen-bond acceptors (Lipinski definition) is 4. The van der Waals surface area contributed by atoms with Gasteiger partial charge in [0.15, 0.2) is 0 Å². The molecule has 0 radical (unpaired) electrons. The van der Waals surface area contributed by atoms with Crippen LogP contribution in [0.4, 0.5) is 10.5 Å². The van der Waals surface area contributed by atoms with Gasteiger partial charge in [-0.2, -0.15) is 0 Å². The number of likely N-dealkylation sites (N-methyl/N-ethyl adjacent to an activating group) is 1. The van der Waals surface area contributed by atoms with Crippen LogP contribution in [0.5, 0.6) is 0 Å². The maximum Gasteiger partial charge on any atom is 0.404 e. The van der Waals surface area contributed by atoms with Crippen molar-refractivity contribution in [2.75, 3.05) is 18.5 Å². The molecule has 152 valence electrons. The lowest BCUT2D eigenvalue weighted by Gasteiger charge is -2.19. The Morgan fingerprint density at radius 3 is 2.27 bits per heavy atom. The summed E-state index contributed by atoms with van der Waals surface area (Å²) < 4.78 is 4.57. The maximum atomic E-state index is 10.2. The Kier molecular flexibility index (Phi) is 7.29. The van der Waals surface area contributed by atoms with E-state index in [1.54, 1.807) is 0 Å². The molecule has 5 nitrogen and oxygen atoms in total. The number of aliphatic imine (C=N–C) groups is 1. The third-order valence-corrected chi connectivity index (χ3v) is 4.94. The van der Waals surface area contributed by atoms with Crippen LogP contribution in [0.1, 0.15) is 16.7 Å². The molecule has 30 heavy (non-hydrogen) atoms. The van der Waals surface area contributed by atoms with Gasteiger partial charge in [0.25, 0.3) is 0 Å². The topological polar surface area (TPSA) is 67.9 Å². The van der Waals surface area contributed by atoms with Gasteiger partial charge in [0.2, 0.25) is 0 Å². The van der Waals surface area contributed by atoms with Gasteiger partial charge in [-0.05, 0) is 11.6 Å². The predicted octanol–water partition coefficient (Wildman–Crippen LogP) is 4.58. The van der Waals surface area contributed by atoms with Crippen LogP contribution in [0.25, 0.3) is 0 Å². The number of anilines is 1. The Morgan fingerprint density at radius 2 is 1.60 bits per heavy atom. The molecular weight excluding hydrogens is 394 g/mol. The van der Waals surface area contributed by atoms with E-state index in [4.69, 9.17) is 22.9 Å². The van der Waals surface area contributed by atoms with Gasteiger partial charge in [-0.1, -0.05) is 91.1 Å². The molecule has 3 aromatic rings. The number of rotatable bonds is 3. The van der Waals surface area contributed by atoms with E-state index in [-0.39, 0.29) is 6.61 Å². The number of benzene rings is 3. The van der Waals surface area contributed by atoms with Gasteiger partial charge in [0.1, 0.15) is 11.6 Å². The largest absolute Gasteiger partial charge is 0.445 e. The van der Waals surface area contributed by atoms with Gasteiger partial charge in [-0.25, -0.2) is 4.79 Å². The predicted molar refractivity (Wildman–Crippen MR) is 125 cm³/mol. The number of nitrogens with two attached hydrogens (primary N) is 1. The van der Waals surface area contributed by atoms with Gasteiger partial charge in [0, 0.05) is 18.2 Å². The molecule has 0 bridgehead atoms. The number of hydrogen-bond donors (Lipinski definition) is 1. The quantitative estimate of drug-likeness (QED) is 0.633. The van der Waals surface area contributed by atoms with E-state index in [9.17, 15) is 4.79 Å².